The lowest BCUT2D eigenvalue weighted by atomic mass is 9.93. The van der Waals surface area contributed by atoms with Gasteiger partial charge in [0, 0.05) is 0 Å². The zero-order valence-electron chi connectivity index (χ0n) is 8.80. The van der Waals surface area contributed by atoms with E-state index in [0.29, 0.717) is 5.92 Å². The van der Waals surface area contributed by atoms with Crippen molar-refractivity contribution in [3.63, 3.8) is 0 Å². The number of aryl methyl sites for hydroxylation is 2. The highest BCUT2D eigenvalue weighted by Gasteiger charge is 2.15. The van der Waals surface area contributed by atoms with Crippen LogP contribution in [0.15, 0.2) is 12.1 Å². The second kappa shape index (κ2) is 3.46. The van der Waals surface area contributed by atoms with E-state index in [1.165, 1.54) is 29.5 Å². The molecule has 1 nitrogen and oxygen atoms in total. The minimum absolute atomic E-state index is 0.454. The average molecular weight is 185 g/mol. The molecular weight excluding hydrogens is 170 g/mol. The maximum absolute atomic E-state index is 9.05. The van der Waals surface area contributed by atoms with E-state index in [9.17, 15) is 0 Å². The number of nitrogens with zero attached hydrogens (tertiary/aromatic N) is 1. The van der Waals surface area contributed by atoms with Gasteiger partial charge >= 0.3 is 0 Å². The Balaban J connectivity index is 2.56. The van der Waals surface area contributed by atoms with E-state index in [4.69, 9.17) is 5.26 Å². The number of hydrogen-bond acceptors (Lipinski definition) is 1. The van der Waals surface area contributed by atoms with Crippen molar-refractivity contribution in [2.24, 2.45) is 0 Å². The Hall–Kier alpha value is -1.29. The molecule has 1 aliphatic rings. The summed E-state index contributed by atoms with van der Waals surface area (Å²) in [5.41, 5.74) is 4.95. The highest BCUT2D eigenvalue weighted by molar-refractivity contribution is 5.47. The van der Waals surface area contributed by atoms with Crippen molar-refractivity contribution >= 4 is 0 Å². The molecule has 1 heteroatoms. The van der Waals surface area contributed by atoms with Gasteiger partial charge in [-0.2, -0.15) is 5.26 Å². The lowest BCUT2D eigenvalue weighted by Crippen LogP contribution is -1.96. The average Bonchev–Trinajstić information content (AvgIpc) is 2.62. The molecule has 0 aliphatic heterocycles. The first-order valence-corrected chi connectivity index (χ1v) is 5.28. The fourth-order valence-corrected chi connectivity index (χ4v) is 2.22. The first-order valence-electron chi connectivity index (χ1n) is 5.28. The van der Waals surface area contributed by atoms with Gasteiger partial charge in [-0.15, -0.1) is 0 Å². The number of rotatable bonds is 1. The Labute approximate surface area is 85.4 Å². The van der Waals surface area contributed by atoms with Gasteiger partial charge in [-0.25, -0.2) is 0 Å². The van der Waals surface area contributed by atoms with Gasteiger partial charge < -0.3 is 0 Å². The number of hydrogen-bond donors (Lipinski definition) is 0. The number of nitriles is 1. The molecule has 2 rings (SSSR count). The van der Waals surface area contributed by atoms with Crippen LogP contribution in [0.5, 0.6) is 0 Å². The molecule has 0 atom stereocenters. The SMILES string of the molecule is CC(C)c1cc2c(cc1C#N)CCC2. The first-order chi connectivity index (χ1) is 6.72. The van der Waals surface area contributed by atoms with Crippen LogP contribution in [0.2, 0.25) is 0 Å². The summed E-state index contributed by atoms with van der Waals surface area (Å²) in [7, 11) is 0. The Morgan fingerprint density at radius 3 is 2.43 bits per heavy atom. The van der Waals surface area contributed by atoms with Gasteiger partial charge in [-0.1, -0.05) is 19.9 Å². The van der Waals surface area contributed by atoms with E-state index < -0.39 is 0 Å². The third-order valence-corrected chi connectivity index (χ3v) is 3.01. The fraction of sp³-hybridized carbons (Fsp3) is 0.462. The van der Waals surface area contributed by atoms with Crippen LogP contribution in [-0.4, -0.2) is 0 Å². The Morgan fingerprint density at radius 1 is 1.21 bits per heavy atom. The van der Waals surface area contributed by atoms with Crippen LogP contribution in [0.3, 0.4) is 0 Å². The van der Waals surface area contributed by atoms with Crippen molar-refractivity contribution in [2.45, 2.75) is 39.0 Å². The second-order valence-electron chi connectivity index (χ2n) is 4.33. The van der Waals surface area contributed by atoms with Crippen molar-refractivity contribution in [3.05, 3.63) is 34.4 Å². The molecule has 0 aromatic heterocycles. The number of fused-ring (bicyclic) bond motifs is 1. The van der Waals surface area contributed by atoms with Gasteiger partial charge in [0.1, 0.15) is 0 Å². The van der Waals surface area contributed by atoms with Gasteiger partial charge in [0.2, 0.25) is 0 Å². The van der Waals surface area contributed by atoms with Crippen molar-refractivity contribution in [2.75, 3.05) is 0 Å². The van der Waals surface area contributed by atoms with Crippen LogP contribution in [0.1, 0.15) is 48.4 Å². The van der Waals surface area contributed by atoms with Crippen LogP contribution < -0.4 is 0 Å². The smallest absolute Gasteiger partial charge is 0.0994 e. The molecular formula is C13H15N. The maximum Gasteiger partial charge on any atom is 0.0994 e. The van der Waals surface area contributed by atoms with Gasteiger partial charge in [0.05, 0.1) is 11.6 Å². The summed E-state index contributed by atoms with van der Waals surface area (Å²) in [6.07, 6.45) is 3.60. The fourth-order valence-electron chi connectivity index (χ4n) is 2.22. The normalized spacial score (nSPS) is 14.1. The van der Waals surface area contributed by atoms with E-state index in [2.05, 4.69) is 32.0 Å². The second-order valence-corrected chi connectivity index (χ2v) is 4.33. The Bertz CT molecular complexity index is 396. The van der Waals surface area contributed by atoms with Crippen LogP contribution in [0.4, 0.5) is 0 Å². The molecule has 0 spiro atoms. The zero-order valence-corrected chi connectivity index (χ0v) is 8.80. The molecule has 1 aliphatic carbocycles. The number of benzene rings is 1. The van der Waals surface area contributed by atoms with Gasteiger partial charge in [0.15, 0.2) is 0 Å². The van der Waals surface area contributed by atoms with Crippen molar-refractivity contribution in [1.82, 2.24) is 0 Å². The van der Waals surface area contributed by atoms with Crippen molar-refractivity contribution in [1.29, 1.82) is 5.26 Å². The molecule has 1 aromatic carbocycles. The summed E-state index contributed by atoms with van der Waals surface area (Å²) in [4.78, 5) is 0. The van der Waals surface area contributed by atoms with Gasteiger partial charge in [-0.05, 0) is 47.9 Å². The predicted octanol–water partition coefficient (Wildman–Crippen LogP) is 3.17. The minimum Gasteiger partial charge on any atom is -0.192 e. The third kappa shape index (κ3) is 1.42. The zero-order chi connectivity index (χ0) is 10.1. The monoisotopic (exact) mass is 185 g/mol. The molecule has 0 unspecified atom stereocenters. The summed E-state index contributed by atoms with van der Waals surface area (Å²) >= 11 is 0. The summed E-state index contributed by atoms with van der Waals surface area (Å²) < 4.78 is 0. The lowest BCUT2D eigenvalue weighted by molar-refractivity contribution is 0.858. The molecule has 0 bridgehead atoms. The van der Waals surface area contributed by atoms with Crippen LogP contribution in [0, 0.1) is 11.3 Å². The van der Waals surface area contributed by atoms with Crippen molar-refractivity contribution < 1.29 is 0 Å². The van der Waals surface area contributed by atoms with E-state index >= 15 is 0 Å². The summed E-state index contributed by atoms with van der Waals surface area (Å²) in [6.45, 7) is 4.30. The standard InChI is InChI=1S/C13H15N/c1-9(2)13-7-11-5-3-4-10(11)6-12(13)8-14/h6-7,9H,3-5H2,1-2H3. The Kier molecular flexibility index (Phi) is 2.29. The molecule has 0 N–H and O–H groups in total. The third-order valence-electron chi connectivity index (χ3n) is 3.01. The molecule has 1 aromatic rings. The lowest BCUT2D eigenvalue weighted by Gasteiger charge is -2.10. The predicted molar refractivity (Wildman–Crippen MR) is 57.3 cm³/mol. The van der Waals surface area contributed by atoms with E-state index in [-0.39, 0.29) is 0 Å². The van der Waals surface area contributed by atoms with E-state index in [0.717, 1.165) is 12.0 Å². The first kappa shape index (κ1) is 9.27. The molecule has 0 amide bonds. The summed E-state index contributed by atoms with van der Waals surface area (Å²) in [6, 6.07) is 6.64. The van der Waals surface area contributed by atoms with E-state index in [1.807, 2.05) is 0 Å². The molecule has 14 heavy (non-hydrogen) atoms. The van der Waals surface area contributed by atoms with Crippen molar-refractivity contribution in [3.8, 4) is 6.07 Å². The summed E-state index contributed by atoms with van der Waals surface area (Å²) in [5.74, 6) is 0.454. The van der Waals surface area contributed by atoms with Crippen LogP contribution >= 0.6 is 0 Å². The highest BCUT2D eigenvalue weighted by Crippen LogP contribution is 2.28. The van der Waals surface area contributed by atoms with Gasteiger partial charge in [-0.3, -0.25) is 0 Å². The largest absolute Gasteiger partial charge is 0.192 e. The highest BCUT2D eigenvalue weighted by atomic mass is 14.3. The van der Waals surface area contributed by atoms with Crippen LogP contribution in [-0.2, 0) is 12.8 Å². The molecule has 0 saturated carbocycles. The molecule has 0 fully saturated rings. The van der Waals surface area contributed by atoms with Gasteiger partial charge in [0.25, 0.3) is 0 Å². The topological polar surface area (TPSA) is 23.8 Å². The Morgan fingerprint density at radius 2 is 1.86 bits per heavy atom. The molecule has 72 valence electrons. The van der Waals surface area contributed by atoms with E-state index in [1.54, 1.807) is 0 Å². The maximum atomic E-state index is 9.05. The molecule has 0 heterocycles. The van der Waals surface area contributed by atoms with Crippen LogP contribution in [0.25, 0.3) is 0 Å². The summed E-state index contributed by atoms with van der Waals surface area (Å²) in [5, 5.41) is 9.05. The quantitative estimate of drug-likeness (QED) is 0.659. The molecule has 0 radical (unpaired) electrons. The minimum atomic E-state index is 0.454. The molecule has 0 saturated heterocycles.